The monoisotopic (exact) mass is 360 g/mol. The van der Waals surface area contributed by atoms with E-state index >= 15 is 0 Å². The molecule has 130 valence electrons. The van der Waals surface area contributed by atoms with Crippen LogP contribution in [0.15, 0.2) is 58.2 Å². The van der Waals surface area contributed by atoms with Crippen molar-refractivity contribution in [2.24, 2.45) is 0 Å². The second kappa shape index (κ2) is 8.53. The molecule has 0 spiro atoms. The molecule has 3 rings (SSSR count). The van der Waals surface area contributed by atoms with Crippen LogP contribution in [0, 0.1) is 5.82 Å². The van der Waals surface area contributed by atoms with Crippen LogP contribution in [0.5, 0.6) is 11.5 Å². The summed E-state index contributed by atoms with van der Waals surface area (Å²) in [5.74, 6) is 1.81. The molecule has 0 aliphatic carbocycles. The highest BCUT2D eigenvalue weighted by Gasteiger charge is 2.08. The third-order valence-corrected chi connectivity index (χ3v) is 4.15. The van der Waals surface area contributed by atoms with Crippen molar-refractivity contribution in [1.82, 2.24) is 10.2 Å². The van der Waals surface area contributed by atoms with E-state index in [1.54, 1.807) is 25.3 Å². The fourth-order valence-electron chi connectivity index (χ4n) is 2.13. The Kier molecular flexibility index (Phi) is 5.90. The van der Waals surface area contributed by atoms with Crippen molar-refractivity contribution in [3.63, 3.8) is 0 Å². The lowest BCUT2D eigenvalue weighted by Gasteiger charge is -2.05. The van der Waals surface area contributed by atoms with Crippen molar-refractivity contribution >= 4 is 11.8 Å². The minimum Gasteiger partial charge on any atom is -0.497 e. The van der Waals surface area contributed by atoms with Gasteiger partial charge in [0.15, 0.2) is 11.6 Å². The molecule has 0 saturated heterocycles. The van der Waals surface area contributed by atoms with Crippen LogP contribution in [0.4, 0.5) is 4.39 Å². The molecule has 5 nitrogen and oxygen atoms in total. The Balaban J connectivity index is 1.46. The second-order valence-corrected chi connectivity index (χ2v) is 6.16. The number of ether oxygens (including phenoxy) is 2. The predicted molar refractivity (Wildman–Crippen MR) is 92.7 cm³/mol. The molecule has 0 fully saturated rings. The van der Waals surface area contributed by atoms with Crippen molar-refractivity contribution in [2.45, 2.75) is 11.6 Å². The van der Waals surface area contributed by atoms with E-state index in [9.17, 15) is 4.39 Å². The molecule has 0 aliphatic rings. The molecule has 1 heterocycles. The number of rotatable bonds is 8. The number of benzene rings is 2. The minimum atomic E-state index is -0.368. The number of para-hydroxylation sites is 1. The molecule has 0 unspecified atom stereocenters. The van der Waals surface area contributed by atoms with E-state index in [1.807, 2.05) is 24.3 Å². The summed E-state index contributed by atoms with van der Waals surface area (Å²) in [5, 5.41) is 8.51. The van der Waals surface area contributed by atoms with Gasteiger partial charge in [-0.3, -0.25) is 0 Å². The Morgan fingerprint density at radius 2 is 1.88 bits per heavy atom. The molecule has 7 heteroatoms. The molecule has 0 N–H and O–H groups in total. The van der Waals surface area contributed by atoms with Gasteiger partial charge in [0, 0.05) is 5.75 Å². The summed E-state index contributed by atoms with van der Waals surface area (Å²) in [7, 11) is 1.63. The maximum absolute atomic E-state index is 13.4. The standard InChI is InChI=1S/C18H17FN2O3S/c1-22-14-8-6-13(7-9-14)12-17-20-21-18(24-17)25-11-10-23-16-5-3-2-4-15(16)19/h2-9H,10-12H2,1H3. The van der Waals surface area contributed by atoms with Gasteiger partial charge in [-0.1, -0.05) is 36.0 Å². The first-order chi connectivity index (χ1) is 12.2. The first-order valence-electron chi connectivity index (χ1n) is 7.70. The quantitative estimate of drug-likeness (QED) is 0.447. The number of aromatic nitrogens is 2. The van der Waals surface area contributed by atoms with Gasteiger partial charge in [-0.25, -0.2) is 4.39 Å². The van der Waals surface area contributed by atoms with Crippen LogP contribution in [-0.2, 0) is 6.42 Å². The summed E-state index contributed by atoms with van der Waals surface area (Å²) in [6, 6.07) is 14.0. The Morgan fingerprint density at radius 3 is 2.64 bits per heavy atom. The van der Waals surface area contributed by atoms with E-state index in [0.717, 1.165) is 11.3 Å². The average Bonchev–Trinajstić information content (AvgIpc) is 3.08. The molecule has 0 bridgehead atoms. The van der Waals surface area contributed by atoms with Crippen LogP contribution < -0.4 is 9.47 Å². The summed E-state index contributed by atoms with van der Waals surface area (Å²) >= 11 is 1.38. The van der Waals surface area contributed by atoms with Gasteiger partial charge in [-0.05, 0) is 29.8 Å². The van der Waals surface area contributed by atoms with Gasteiger partial charge in [-0.2, -0.15) is 0 Å². The SMILES string of the molecule is COc1ccc(Cc2nnc(SCCOc3ccccc3F)o2)cc1. The number of hydrogen-bond acceptors (Lipinski definition) is 6. The minimum absolute atomic E-state index is 0.244. The Bertz CT molecular complexity index is 808. The Morgan fingerprint density at radius 1 is 1.08 bits per heavy atom. The molecule has 2 aromatic carbocycles. The summed E-state index contributed by atoms with van der Waals surface area (Å²) < 4.78 is 29.5. The fourth-order valence-corrected chi connectivity index (χ4v) is 2.72. The van der Waals surface area contributed by atoms with Crippen molar-refractivity contribution in [1.29, 1.82) is 0 Å². The lowest BCUT2D eigenvalue weighted by molar-refractivity contribution is 0.324. The smallest absolute Gasteiger partial charge is 0.276 e. The van der Waals surface area contributed by atoms with Crippen LogP contribution in [0.3, 0.4) is 0 Å². The van der Waals surface area contributed by atoms with E-state index in [-0.39, 0.29) is 11.6 Å². The van der Waals surface area contributed by atoms with Crippen LogP contribution in [-0.4, -0.2) is 29.7 Å². The van der Waals surface area contributed by atoms with E-state index in [0.29, 0.717) is 29.9 Å². The normalized spacial score (nSPS) is 10.6. The highest BCUT2D eigenvalue weighted by Crippen LogP contribution is 2.20. The average molecular weight is 360 g/mol. The summed E-state index contributed by atoms with van der Waals surface area (Å²) in [6.45, 7) is 0.349. The summed E-state index contributed by atoms with van der Waals surface area (Å²) in [5.41, 5.74) is 1.06. The molecular weight excluding hydrogens is 343 g/mol. The number of halogens is 1. The number of hydrogen-bond donors (Lipinski definition) is 0. The topological polar surface area (TPSA) is 57.4 Å². The lowest BCUT2D eigenvalue weighted by Crippen LogP contribution is -2.01. The molecule has 1 aromatic heterocycles. The van der Waals surface area contributed by atoms with Crippen molar-refractivity contribution in [3.05, 3.63) is 65.8 Å². The second-order valence-electron chi connectivity index (χ2n) is 5.11. The van der Waals surface area contributed by atoms with Crippen LogP contribution in [0.2, 0.25) is 0 Å². The van der Waals surface area contributed by atoms with Gasteiger partial charge in [0.05, 0.1) is 20.1 Å². The lowest BCUT2D eigenvalue weighted by atomic mass is 10.1. The maximum Gasteiger partial charge on any atom is 0.276 e. The molecule has 0 amide bonds. The van der Waals surface area contributed by atoms with Gasteiger partial charge in [0.1, 0.15) is 5.75 Å². The number of thioether (sulfide) groups is 1. The van der Waals surface area contributed by atoms with Gasteiger partial charge in [-0.15, -0.1) is 10.2 Å². The van der Waals surface area contributed by atoms with Crippen molar-refractivity contribution in [3.8, 4) is 11.5 Å². The molecule has 0 aliphatic heterocycles. The molecule has 3 aromatic rings. The molecule has 0 radical (unpaired) electrons. The first-order valence-corrected chi connectivity index (χ1v) is 8.68. The van der Waals surface area contributed by atoms with Gasteiger partial charge < -0.3 is 13.9 Å². The van der Waals surface area contributed by atoms with E-state index in [4.69, 9.17) is 13.9 Å². The Labute approximate surface area is 149 Å². The van der Waals surface area contributed by atoms with Gasteiger partial charge in [0.2, 0.25) is 5.89 Å². The van der Waals surface area contributed by atoms with Crippen molar-refractivity contribution in [2.75, 3.05) is 19.5 Å². The predicted octanol–water partition coefficient (Wildman–Crippen LogP) is 3.98. The van der Waals surface area contributed by atoms with Gasteiger partial charge in [0.25, 0.3) is 5.22 Å². The van der Waals surface area contributed by atoms with Crippen LogP contribution >= 0.6 is 11.8 Å². The third kappa shape index (κ3) is 4.96. The largest absolute Gasteiger partial charge is 0.497 e. The van der Waals surface area contributed by atoms with Crippen LogP contribution in [0.1, 0.15) is 11.5 Å². The maximum atomic E-state index is 13.4. The molecule has 0 saturated carbocycles. The highest BCUT2D eigenvalue weighted by molar-refractivity contribution is 7.99. The third-order valence-electron chi connectivity index (χ3n) is 3.37. The van der Waals surface area contributed by atoms with Crippen molar-refractivity contribution < 1.29 is 18.3 Å². The summed E-state index contributed by atoms with van der Waals surface area (Å²) in [6.07, 6.45) is 0.559. The highest BCUT2D eigenvalue weighted by atomic mass is 32.2. The van der Waals surface area contributed by atoms with Crippen LogP contribution in [0.25, 0.3) is 0 Å². The van der Waals surface area contributed by atoms with E-state index < -0.39 is 0 Å². The number of nitrogens with zero attached hydrogens (tertiary/aromatic N) is 2. The zero-order valence-corrected chi connectivity index (χ0v) is 14.5. The number of methoxy groups -OCH3 is 1. The van der Waals surface area contributed by atoms with E-state index in [2.05, 4.69) is 10.2 Å². The zero-order chi connectivity index (χ0) is 17.5. The molecule has 0 atom stereocenters. The molecular formula is C18H17FN2O3S. The van der Waals surface area contributed by atoms with Gasteiger partial charge >= 0.3 is 0 Å². The fraction of sp³-hybridized carbons (Fsp3) is 0.222. The summed E-state index contributed by atoms with van der Waals surface area (Å²) in [4.78, 5) is 0. The Hall–Kier alpha value is -2.54. The molecule has 25 heavy (non-hydrogen) atoms. The first kappa shape index (κ1) is 17.3. The zero-order valence-electron chi connectivity index (χ0n) is 13.6. The van der Waals surface area contributed by atoms with E-state index in [1.165, 1.54) is 17.8 Å².